The molecule has 0 radical (unpaired) electrons. The van der Waals surface area contributed by atoms with Gasteiger partial charge in [0.05, 0.1) is 6.42 Å². The average Bonchev–Trinajstić information content (AvgIpc) is 2.52. The first-order chi connectivity index (χ1) is 11.1. The summed E-state index contributed by atoms with van der Waals surface area (Å²) < 4.78 is 5.31. The van der Waals surface area contributed by atoms with Crippen LogP contribution in [0.2, 0.25) is 0 Å². The van der Waals surface area contributed by atoms with E-state index in [1.807, 2.05) is 30.3 Å². The Morgan fingerprint density at radius 3 is 2.09 bits per heavy atom. The summed E-state index contributed by atoms with van der Waals surface area (Å²) in [6.07, 6.45) is 7.31. The van der Waals surface area contributed by atoms with Crippen molar-refractivity contribution in [3.63, 3.8) is 0 Å². The van der Waals surface area contributed by atoms with Crippen LogP contribution in [0.15, 0.2) is 30.3 Å². The fraction of sp³-hybridized carbons (Fsp3) is 0.600. The minimum atomic E-state index is -0.297. The molecule has 4 aliphatic carbocycles. The number of carbonyl (C=O) groups is 2. The van der Waals surface area contributed by atoms with E-state index in [1.165, 1.54) is 19.3 Å². The van der Waals surface area contributed by atoms with Crippen molar-refractivity contribution >= 4 is 11.8 Å². The summed E-state index contributed by atoms with van der Waals surface area (Å²) in [5, 5.41) is 0. The van der Waals surface area contributed by atoms with E-state index in [-0.39, 0.29) is 30.2 Å². The van der Waals surface area contributed by atoms with Gasteiger partial charge in [-0.15, -0.1) is 0 Å². The molecule has 23 heavy (non-hydrogen) atoms. The summed E-state index contributed by atoms with van der Waals surface area (Å²) in [6.45, 7) is -0.0299. The highest BCUT2D eigenvalue weighted by molar-refractivity contribution is 5.88. The highest BCUT2D eigenvalue weighted by Crippen LogP contribution is 2.60. The summed E-state index contributed by atoms with van der Waals surface area (Å²) in [7, 11) is 0. The summed E-state index contributed by atoms with van der Waals surface area (Å²) in [5.74, 6) is 2.10. The van der Waals surface area contributed by atoms with Crippen LogP contribution in [0.4, 0.5) is 0 Å². The van der Waals surface area contributed by atoms with Gasteiger partial charge in [-0.2, -0.15) is 0 Å². The van der Waals surface area contributed by atoms with Gasteiger partial charge in [0, 0.05) is 5.41 Å². The summed E-state index contributed by atoms with van der Waals surface area (Å²) in [6, 6.07) is 9.54. The van der Waals surface area contributed by atoms with Gasteiger partial charge in [0.15, 0.2) is 12.4 Å². The van der Waals surface area contributed by atoms with Crippen molar-refractivity contribution < 1.29 is 14.3 Å². The minimum absolute atomic E-state index is 0.0299. The van der Waals surface area contributed by atoms with Crippen molar-refractivity contribution in [1.29, 1.82) is 0 Å². The van der Waals surface area contributed by atoms with Crippen LogP contribution in [0.1, 0.15) is 44.1 Å². The fourth-order valence-electron chi connectivity index (χ4n) is 5.56. The summed E-state index contributed by atoms with van der Waals surface area (Å²) >= 11 is 0. The van der Waals surface area contributed by atoms with Gasteiger partial charge >= 0.3 is 5.97 Å². The number of rotatable bonds is 5. The molecular formula is C20H24O3. The second-order valence-corrected chi connectivity index (χ2v) is 7.94. The van der Waals surface area contributed by atoms with Crippen LogP contribution in [0.25, 0.3) is 0 Å². The van der Waals surface area contributed by atoms with Crippen molar-refractivity contribution in [1.82, 2.24) is 0 Å². The Bertz CT molecular complexity index is 569. The number of hydrogen-bond acceptors (Lipinski definition) is 3. The Morgan fingerprint density at radius 1 is 0.957 bits per heavy atom. The van der Waals surface area contributed by atoms with Crippen molar-refractivity contribution in [3.05, 3.63) is 35.9 Å². The lowest BCUT2D eigenvalue weighted by atomic mass is 9.48. The summed E-state index contributed by atoms with van der Waals surface area (Å²) in [5.41, 5.74) is 0.765. The molecule has 3 nitrogen and oxygen atoms in total. The molecule has 1 aromatic rings. The molecule has 0 aromatic heterocycles. The lowest BCUT2D eigenvalue weighted by Crippen LogP contribution is -2.51. The Labute approximate surface area is 137 Å². The molecule has 0 saturated heterocycles. The van der Waals surface area contributed by atoms with Crippen LogP contribution in [0.3, 0.4) is 0 Å². The second-order valence-electron chi connectivity index (χ2n) is 7.94. The third-order valence-corrected chi connectivity index (χ3v) is 6.19. The number of ketones is 1. The number of Topliss-reactive ketones (excluding diaryl/α,β-unsaturated/α-hetero) is 1. The van der Waals surface area contributed by atoms with Crippen LogP contribution >= 0.6 is 0 Å². The Morgan fingerprint density at radius 2 is 1.52 bits per heavy atom. The molecule has 4 bridgehead atoms. The van der Waals surface area contributed by atoms with Crippen molar-refractivity contribution in [2.75, 3.05) is 6.61 Å². The first-order valence-electron chi connectivity index (χ1n) is 8.86. The van der Waals surface area contributed by atoms with Crippen molar-refractivity contribution in [2.45, 2.75) is 44.9 Å². The zero-order chi connectivity index (χ0) is 15.9. The van der Waals surface area contributed by atoms with E-state index in [0.717, 1.165) is 42.6 Å². The van der Waals surface area contributed by atoms with Gasteiger partial charge in [-0.05, 0) is 61.8 Å². The molecule has 0 spiro atoms. The van der Waals surface area contributed by atoms with E-state index in [9.17, 15) is 9.59 Å². The molecule has 0 heterocycles. The van der Waals surface area contributed by atoms with E-state index in [0.29, 0.717) is 0 Å². The van der Waals surface area contributed by atoms with Gasteiger partial charge in [0.1, 0.15) is 0 Å². The van der Waals surface area contributed by atoms with Crippen LogP contribution in [0.5, 0.6) is 0 Å². The molecular weight excluding hydrogens is 288 g/mol. The Hall–Kier alpha value is -1.64. The maximum atomic E-state index is 12.8. The van der Waals surface area contributed by atoms with E-state index >= 15 is 0 Å². The van der Waals surface area contributed by atoms with Gasteiger partial charge in [-0.1, -0.05) is 30.3 Å². The molecule has 0 N–H and O–H groups in total. The number of hydrogen-bond donors (Lipinski definition) is 0. The monoisotopic (exact) mass is 312 g/mol. The molecule has 4 fully saturated rings. The van der Waals surface area contributed by atoms with Crippen LogP contribution < -0.4 is 0 Å². The predicted molar refractivity (Wildman–Crippen MR) is 86.7 cm³/mol. The predicted octanol–water partition coefficient (Wildman–Crippen LogP) is 3.56. The Balaban J connectivity index is 1.34. The minimum Gasteiger partial charge on any atom is -0.457 e. The van der Waals surface area contributed by atoms with E-state index in [4.69, 9.17) is 4.74 Å². The highest BCUT2D eigenvalue weighted by atomic mass is 16.5. The van der Waals surface area contributed by atoms with E-state index in [2.05, 4.69) is 0 Å². The SMILES string of the molecule is O=C(Cc1ccccc1)OCC(=O)C12CC3CC(CC(C3)C1)C2. The van der Waals surface area contributed by atoms with Crippen LogP contribution in [-0.4, -0.2) is 18.4 Å². The number of esters is 1. The van der Waals surface area contributed by atoms with Gasteiger partial charge < -0.3 is 4.74 Å². The van der Waals surface area contributed by atoms with Crippen molar-refractivity contribution in [3.8, 4) is 0 Å². The number of ether oxygens (including phenoxy) is 1. The molecule has 0 amide bonds. The molecule has 0 unspecified atom stereocenters. The average molecular weight is 312 g/mol. The molecule has 3 heteroatoms. The van der Waals surface area contributed by atoms with Gasteiger partial charge in [-0.3, -0.25) is 9.59 Å². The first-order valence-corrected chi connectivity index (χ1v) is 8.86. The van der Waals surface area contributed by atoms with E-state index in [1.54, 1.807) is 0 Å². The highest BCUT2D eigenvalue weighted by Gasteiger charge is 2.54. The summed E-state index contributed by atoms with van der Waals surface area (Å²) in [4.78, 5) is 24.7. The zero-order valence-corrected chi connectivity index (χ0v) is 13.5. The molecule has 5 rings (SSSR count). The van der Waals surface area contributed by atoms with Crippen molar-refractivity contribution in [2.24, 2.45) is 23.2 Å². The molecule has 1 aromatic carbocycles. The quantitative estimate of drug-likeness (QED) is 0.781. The standard InChI is InChI=1S/C20H24O3/c21-18(13-23-19(22)9-14-4-2-1-3-5-14)20-10-15-6-16(11-20)8-17(7-15)12-20/h1-5,15-17H,6-13H2. The maximum absolute atomic E-state index is 12.8. The lowest BCUT2D eigenvalue weighted by Gasteiger charge is -2.55. The smallest absolute Gasteiger partial charge is 0.310 e. The number of carbonyl (C=O) groups excluding carboxylic acids is 2. The van der Waals surface area contributed by atoms with E-state index < -0.39 is 0 Å². The fourth-order valence-corrected chi connectivity index (χ4v) is 5.56. The zero-order valence-electron chi connectivity index (χ0n) is 13.5. The van der Waals surface area contributed by atoms with Crippen LogP contribution in [-0.2, 0) is 20.7 Å². The third-order valence-electron chi connectivity index (χ3n) is 6.19. The maximum Gasteiger partial charge on any atom is 0.310 e. The topological polar surface area (TPSA) is 43.4 Å². The van der Waals surface area contributed by atoms with Crippen LogP contribution in [0, 0.1) is 23.2 Å². The largest absolute Gasteiger partial charge is 0.457 e. The molecule has 0 aliphatic heterocycles. The lowest BCUT2D eigenvalue weighted by molar-refractivity contribution is -0.157. The normalized spacial score (nSPS) is 34.3. The molecule has 4 aliphatic rings. The third kappa shape index (κ3) is 2.93. The van der Waals surface area contributed by atoms with Gasteiger partial charge in [-0.25, -0.2) is 0 Å². The van der Waals surface area contributed by atoms with Gasteiger partial charge in [0.25, 0.3) is 0 Å². The molecule has 122 valence electrons. The first kappa shape index (κ1) is 14.9. The molecule has 0 atom stereocenters. The molecule has 4 saturated carbocycles. The number of benzene rings is 1. The Kier molecular flexibility index (Phi) is 3.74. The second kappa shape index (κ2) is 5.77. The van der Waals surface area contributed by atoms with Gasteiger partial charge in [0.2, 0.25) is 0 Å².